The minimum atomic E-state index is 0.383. The molecule has 0 heterocycles. The summed E-state index contributed by atoms with van der Waals surface area (Å²) in [5.41, 5.74) is 1.08. The number of aryl methyl sites for hydroxylation is 1. The molecule has 3 nitrogen and oxygen atoms in total. The van der Waals surface area contributed by atoms with Crippen molar-refractivity contribution in [2.45, 2.75) is 13.8 Å². The van der Waals surface area contributed by atoms with Gasteiger partial charge in [-0.05, 0) is 36.3 Å². The van der Waals surface area contributed by atoms with Crippen LogP contribution in [0, 0.1) is 12.8 Å². The monoisotopic (exact) mass is 256 g/mol. The third kappa shape index (κ3) is 3.73. The average molecular weight is 256 g/mol. The molecular formula is C13H20O3S. The van der Waals surface area contributed by atoms with Crippen molar-refractivity contribution in [2.24, 2.45) is 5.92 Å². The van der Waals surface area contributed by atoms with Crippen LogP contribution in [0.2, 0.25) is 0 Å². The van der Waals surface area contributed by atoms with E-state index in [9.17, 15) is 0 Å². The maximum Gasteiger partial charge on any atom is 0.203 e. The van der Waals surface area contributed by atoms with E-state index in [1.54, 1.807) is 14.2 Å². The molecule has 0 aliphatic rings. The molecule has 0 saturated carbocycles. The molecule has 0 N–H and O–H groups in total. The van der Waals surface area contributed by atoms with Gasteiger partial charge in [-0.15, -0.1) is 0 Å². The molecule has 1 unspecified atom stereocenters. The lowest BCUT2D eigenvalue weighted by atomic mass is 10.2. The molecule has 0 fully saturated rings. The number of rotatable bonds is 6. The Hall–Kier alpha value is -1.03. The maximum atomic E-state index is 5.76. The summed E-state index contributed by atoms with van der Waals surface area (Å²) in [5, 5.41) is 0. The van der Waals surface area contributed by atoms with Crippen LogP contribution >= 0.6 is 12.6 Å². The first-order valence-electron chi connectivity index (χ1n) is 5.58. The fraction of sp³-hybridized carbons (Fsp3) is 0.538. The van der Waals surface area contributed by atoms with E-state index >= 15 is 0 Å². The minimum Gasteiger partial charge on any atom is -0.493 e. The summed E-state index contributed by atoms with van der Waals surface area (Å²) in [6.07, 6.45) is 0. The Morgan fingerprint density at radius 1 is 1.18 bits per heavy atom. The van der Waals surface area contributed by atoms with Crippen molar-refractivity contribution in [2.75, 3.05) is 26.6 Å². The summed E-state index contributed by atoms with van der Waals surface area (Å²) >= 11 is 4.23. The third-order valence-electron chi connectivity index (χ3n) is 2.43. The molecule has 0 bridgehead atoms. The molecule has 0 spiro atoms. The van der Waals surface area contributed by atoms with Crippen molar-refractivity contribution in [3.8, 4) is 17.2 Å². The van der Waals surface area contributed by atoms with Crippen molar-refractivity contribution in [1.29, 1.82) is 0 Å². The van der Waals surface area contributed by atoms with E-state index in [0.717, 1.165) is 11.3 Å². The lowest BCUT2D eigenvalue weighted by Crippen LogP contribution is -2.11. The van der Waals surface area contributed by atoms with Crippen LogP contribution in [0.25, 0.3) is 0 Å². The van der Waals surface area contributed by atoms with Crippen molar-refractivity contribution in [3.63, 3.8) is 0 Å². The molecule has 0 aliphatic heterocycles. The van der Waals surface area contributed by atoms with Gasteiger partial charge in [0.25, 0.3) is 0 Å². The highest BCUT2D eigenvalue weighted by Crippen LogP contribution is 2.38. The Balaban J connectivity index is 2.94. The predicted octanol–water partition coefficient (Wildman–Crippen LogP) is 2.96. The summed E-state index contributed by atoms with van der Waals surface area (Å²) in [6, 6.07) is 3.87. The summed E-state index contributed by atoms with van der Waals surface area (Å²) in [7, 11) is 3.26. The molecule has 1 atom stereocenters. The molecule has 1 aromatic rings. The highest BCUT2D eigenvalue weighted by atomic mass is 32.1. The zero-order valence-corrected chi connectivity index (χ0v) is 11.7. The second kappa shape index (κ2) is 6.64. The molecule has 0 amide bonds. The van der Waals surface area contributed by atoms with Crippen LogP contribution in [0.15, 0.2) is 12.1 Å². The standard InChI is InChI=1S/C13H20O3S/c1-9-5-11(14-3)13(12(6-9)15-4)16-7-10(2)8-17/h5-6,10,17H,7-8H2,1-4H3. The van der Waals surface area contributed by atoms with Gasteiger partial charge in [0.2, 0.25) is 5.75 Å². The molecule has 96 valence electrons. The van der Waals surface area contributed by atoms with E-state index in [-0.39, 0.29) is 0 Å². The smallest absolute Gasteiger partial charge is 0.203 e. The zero-order chi connectivity index (χ0) is 12.8. The van der Waals surface area contributed by atoms with Crippen LogP contribution in [0.1, 0.15) is 12.5 Å². The van der Waals surface area contributed by atoms with Gasteiger partial charge in [0, 0.05) is 0 Å². The van der Waals surface area contributed by atoms with Crippen molar-refractivity contribution >= 4 is 12.6 Å². The van der Waals surface area contributed by atoms with Gasteiger partial charge in [-0.25, -0.2) is 0 Å². The first kappa shape index (κ1) is 14.0. The van der Waals surface area contributed by atoms with Crippen LogP contribution in [0.3, 0.4) is 0 Å². The van der Waals surface area contributed by atoms with E-state index in [1.165, 1.54) is 0 Å². The quantitative estimate of drug-likeness (QED) is 0.793. The number of ether oxygens (including phenoxy) is 3. The number of thiol groups is 1. The van der Waals surface area contributed by atoms with E-state index in [1.807, 2.05) is 19.1 Å². The Morgan fingerprint density at radius 2 is 1.71 bits per heavy atom. The van der Waals surface area contributed by atoms with Gasteiger partial charge in [0.15, 0.2) is 11.5 Å². The SMILES string of the molecule is COc1cc(C)cc(OC)c1OCC(C)CS. The second-order valence-electron chi connectivity index (χ2n) is 4.10. The van der Waals surface area contributed by atoms with Gasteiger partial charge in [-0.1, -0.05) is 6.92 Å². The lowest BCUT2D eigenvalue weighted by molar-refractivity contribution is 0.245. The van der Waals surface area contributed by atoms with Crippen LogP contribution in [0.5, 0.6) is 17.2 Å². The van der Waals surface area contributed by atoms with Crippen LogP contribution in [-0.4, -0.2) is 26.6 Å². The van der Waals surface area contributed by atoms with E-state index in [2.05, 4.69) is 19.6 Å². The molecule has 0 aromatic heterocycles. The Bertz CT molecular complexity index is 341. The van der Waals surface area contributed by atoms with Crippen molar-refractivity contribution < 1.29 is 14.2 Å². The Kier molecular flexibility index (Phi) is 5.48. The lowest BCUT2D eigenvalue weighted by Gasteiger charge is -2.17. The summed E-state index contributed by atoms with van der Waals surface area (Å²) < 4.78 is 16.4. The van der Waals surface area contributed by atoms with Crippen molar-refractivity contribution in [3.05, 3.63) is 17.7 Å². The Labute approximate surface area is 108 Å². The summed E-state index contributed by atoms with van der Waals surface area (Å²) in [4.78, 5) is 0. The van der Waals surface area contributed by atoms with E-state index < -0.39 is 0 Å². The fourth-order valence-corrected chi connectivity index (χ4v) is 1.54. The van der Waals surface area contributed by atoms with Crippen molar-refractivity contribution in [1.82, 2.24) is 0 Å². The minimum absolute atomic E-state index is 0.383. The number of hydrogen-bond acceptors (Lipinski definition) is 4. The molecule has 4 heteroatoms. The maximum absolute atomic E-state index is 5.76. The van der Waals surface area contributed by atoms with Gasteiger partial charge in [-0.3, -0.25) is 0 Å². The average Bonchev–Trinajstić information content (AvgIpc) is 2.35. The first-order chi connectivity index (χ1) is 8.12. The molecular weight excluding hydrogens is 236 g/mol. The predicted molar refractivity (Wildman–Crippen MR) is 72.8 cm³/mol. The summed E-state index contributed by atoms with van der Waals surface area (Å²) in [5.74, 6) is 3.24. The second-order valence-corrected chi connectivity index (χ2v) is 4.46. The van der Waals surface area contributed by atoms with Crippen LogP contribution in [0.4, 0.5) is 0 Å². The van der Waals surface area contributed by atoms with Gasteiger partial charge >= 0.3 is 0 Å². The van der Waals surface area contributed by atoms with E-state index in [4.69, 9.17) is 14.2 Å². The molecule has 17 heavy (non-hydrogen) atoms. The molecule has 1 aromatic carbocycles. The van der Waals surface area contributed by atoms with Gasteiger partial charge in [0.05, 0.1) is 20.8 Å². The number of hydrogen-bond donors (Lipinski definition) is 1. The normalized spacial score (nSPS) is 12.1. The first-order valence-corrected chi connectivity index (χ1v) is 6.21. The topological polar surface area (TPSA) is 27.7 Å². The molecule has 1 rings (SSSR count). The molecule has 0 saturated heterocycles. The highest BCUT2D eigenvalue weighted by Gasteiger charge is 2.13. The van der Waals surface area contributed by atoms with Gasteiger partial charge in [0.1, 0.15) is 0 Å². The Morgan fingerprint density at radius 3 is 2.12 bits per heavy atom. The number of benzene rings is 1. The third-order valence-corrected chi connectivity index (χ3v) is 3.05. The largest absolute Gasteiger partial charge is 0.493 e. The molecule has 0 aliphatic carbocycles. The van der Waals surface area contributed by atoms with E-state index in [0.29, 0.717) is 29.8 Å². The zero-order valence-electron chi connectivity index (χ0n) is 10.8. The molecule has 0 radical (unpaired) electrons. The van der Waals surface area contributed by atoms with Gasteiger partial charge < -0.3 is 14.2 Å². The van der Waals surface area contributed by atoms with Gasteiger partial charge in [-0.2, -0.15) is 12.6 Å². The number of methoxy groups -OCH3 is 2. The summed E-state index contributed by atoms with van der Waals surface area (Å²) in [6.45, 7) is 4.67. The van der Waals surface area contributed by atoms with Crippen LogP contribution in [-0.2, 0) is 0 Å². The van der Waals surface area contributed by atoms with Crippen LogP contribution < -0.4 is 14.2 Å². The highest BCUT2D eigenvalue weighted by molar-refractivity contribution is 7.80. The fourth-order valence-electron chi connectivity index (χ4n) is 1.43.